The lowest BCUT2D eigenvalue weighted by molar-refractivity contribution is -0.139. The van der Waals surface area contributed by atoms with E-state index in [4.69, 9.17) is 18.9 Å². The van der Waals surface area contributed by atoms with Crippen LogP contribution >= 0.6 is 0 Å². The molecule has 32 heavy (non-hydrogen) atoms. The second kappa shape index (κ2) is 13.6. The van der Waals surface area contributed by atoms with Gasteiger partial charge in [0.05, 0.1) is 0 Å². The number of benzene rings is 1. The summed E-state index contributed by atoms with van der Waals surface area (Å²) in [6.07, 6.45) is 7.02. The highest BCUT2D eigenvalue weighted by Crippen LogP contribution is 2.42. The summed E-state index contributed by atoms with van der Waals surface area (Å²) in [6.45, 7) is 9.60. The van der Waals surface area contributed by atoms with Crippen LogP contribution in [-0.4, -0.2) is 50.1 Å². The fraction of sp³-hybridized carbons (Fsp3) is 0.520. The molecule has 0 atom stereocenters. The monoisotopic (exact) mass is 446 g/mol. The van der Waals surface area contributed by atoms with Crippen molar-refractivity contribution in [2.45, 2.75) is 44.9 Å². The van der Waals surface area contributed by atoms with Crippen molar-refractivity contribution in [3.05, 3.63) is 48.6 Å². The van der Waals surface area contributed by atoms with Crippen molar-refractivity contribution < 1.29 is 33.6 Å². The Kier molecular flexibility index (Phi) is 10.8. The van der Waals surface area contributed by atoms with Gasteiger partial charge in [-0.3, -0.25) is 0 Å². The van der Waals surface area contributed by atoms with Crippen LogP contribution in [0.4, 0.5) is 0 Å². The van der Waals surface area contributed by atoms with Gasteiger partial charge in [-0.1, -0.05) is 32.9 Å². The van der Waals surface area contributed by atoms with Gasteiger partial charge in [-0.2, -0.15) is 0 Å². The van der Waals surface area contributed by atoms with E-state index in [-0.39, 0.29) is 33.0 Å². The highest BCUT2D eigenvalue weighted by atomic mass is 16.6. The van der Waals surface area contributed by atoms with Crippen LogP contribution in [0.15, 0.2) is 37.4 Å². The van der Waals surface area contributed by atoms with Gasteiger partial charge in [0.15, 0.2) is 0 Å². The molecule has 1 N–H and O–H groups in total. The van der Waals surface area contributed by atoms with Gasteiger partial charge in [-0.05, 0) is 43.2 Å². The lowest BCUT2D eigenvalue weighted by Gasteiger charge is -2.29. The molecule has 0 amide bonds. The lowest BCUT2D eigenvalue weighted by atomic mass is 9.79. The molecule has 0 bridgehead atoms. The minimum Gasteiger partial charge on any atom is -0.490 e. The second-order valence-corrected chi connectivity index (χ2v) is 7.87. The topological polar surface area (TPSA) is 91.3 Å². The molecule has 2 rings (SSSR count). The number of aliphatic hydroxyl groups excluding tert-OH is 1. The molecule has 176 valence electrons. The molecule has 7 nitrogen and oxygen atoms in total. The van der Waals surface area contributed by atoms with Crippen LogP contribution in [0.1, 0.15) is 49.7 Å². The summed E-state index contributed by atoms with van der Waals surface area (Å²) in [5.74, 6) is 1.42. The molecule has 1 aromatic carbocycles. The standard InChI is InChI=1S/C25H34O7/c1-4-24(27)31-14-12-29-22-17-21(19-8-6-18(3)7-9-19)23(16-20(22)10-11-26)30-13-15-32-25(28)5-2/h4-5,16-19,26H,1-2,6-15H2,3H3. The van der Waals surface area contributed by atoms with E-state index >= 15 is 0 Å². The number of hydrogen-bond donors (Lipinski definition) is 1. The molecule has 7 heteroatoms. The highest BCUT2D eigenvalue weighted by Gasteiger charge is 2.24. The molecule has 0 aliphatic heterocycles. The van der Waals surface area contributed by atoms with Crippen molar-refractivity contribution in [2.75, 3.05) is 33.0 Å². The average Bonchev–Trinajstić information content (AvgIpc) is 2.80. The number of hydrogen-bond acceptors (Lipinski definition) is 7. The van der Waals surface area contributed by atoms with Crippen molar-refractivity contribution in [3.8, 4) is 11.5 Å². The Hall–Kier alpha value is -2.80. The van der Waals surface area contributed by atoms with Gasteiger partial charge in [0.25, 0.3) is 0 Å². The lowest BCUT2D eigenvalue weighted by Crippen LogP contribution is -2.16. The first kappa shape index (κ1) is 25.5. The van der Waals surface area contributed by atoms with Crippen molar-refractivity contribution in [1.29, 1.82) is 0 Å². The number of esters is 2. The maximum atomic E-state index is 11.3. The molecule has 0 unspecified atom stereocenters. The van der Waals surface area contributed by atoms with Crippen LogP contribution in [0, 0.1) is 5.92 Å². The summed E-state index contributed by atoms with van der Waals surface area (Å²) in [5.41, 5.74) is 1.85. The van der Waals surface area contributed by atoms with Crippen LogP contribution in [0.5, 0.6) is 11.5 Å². The third kappa shape index (κ3) is 8.04. The molecular formula is C25H34O7. The summed E-state index contributed by atoms with van der Waals surface area (Å²) < 4.78 is 21.9. The minimum absolute atomic E-state index is 0.0432. The first-order chi connectivity index (χ1) is 15.5. The van der Waals surface area contributed by atoms with Gasteiger partial charge in [0.2, 0.25) is 0 Å². The molecule has 0 radical (unpaired) electrons. The highest BCUT2D eigenvalue weighted by molar-refractivity contribution is 5.81. The molecule has 1 fully saturated rings. The molecule has 0 spiro atoms. The smallest absolute Gasteiger partial charge is 0.330 e. The van der Waals surface area contributed by atoms with Crippen molar-refractivity contribution >= 4 is 11.9 Å². The Balaban J connectivity index is 2.19. The molecule has 1 aliphatic carbocycles. The molecule has 1 aliphatic rings. The number of rotatable bonds is 13. The largest absolute Gasteiger partial charge is 0.490 e. The summed E-state index contributed by atoms with van der Waals surface area (Å²) in [6, 6.07) is 3.87. The molecule has 0 aromatic heterocycles. The predicted molar refractivity (Wildman–Crippen MR) is 121 cm³/mol. The van der Waals surface area contributed by atoms with Crippen molar-refractivity contribution in [2.24, 2.45) is 5.92 Å². The van der Waals surface area contributed by atoms with Gasteiger partial charge in [-0.25, -0.2) is 9.59 Å². The summed E-state index contributed by atoms with van der Waals surface area (Å²) in [7, 11) is 0. The van der Waals surface area contributed by atoms with Crippen molar-refractivity contribution in [1.82, 2.24) is 0 Å². The Morgan fingerprint density at radius 3 is 2.03 bits per heavy atom. The zero-order chi connectivity index (χ0) is 23.3. The van der Waals surface area contributed by atoms with E-state index in [9.17, 15) is 14.7 Å². The Bertz CT molecular complexity index is 779. The van der Waals surface area contributed by atoms with Gasteiger partial charge >= 0.3 is 11.9 Å². The SMILES string of the molecule is C=CC(=O)OCCOc1cc(C2CCC(C)CC2)c(OCCOC(=O)C=C)cc1CCO. The van der Waals surface area contributed by atoms with Gasteiger partial charge in [0.1, 0.15) is 37.9 Å². The molecular weight excluding hydrogens is 412 g/mol. The average molecular weight is 447 g/mol. The normalized spacial score (nSPS) is 17.8. The Labute approximate surface area is 190 Å². The number of carbonyl (C=O) groups excluding carboxylic acids is 2. The Morgan fingerprint density at radius 2 is 1.50 bits per heavy atom. The fourth-order valence-corrected chi connectivity index (χ4v) is 3.79. The predicted octanol–water partition coefficient (Wildman–Crippen LogP) is 3.73. The van der Waals surface area contributed by atoms with E-state index in [1.807, 2.05) is 12.1 Å². The van der Waals surface area contributed by atoms with E-state index in [1.165, 1.54) is 0 Å². The fourth-order valence-electron chi connectivity index (χ4n) is 3.79. The van der Waals surface area contributed by atoms with Gasteiger partial charge < -0.3 is 24.1 Å². The van der Waals surface area contributed by atoms with Crippen LogP contribution in [0.3, 0.4) is 0 Å². The van der Waals surface area contributed by atoms with Crippen LogP contribution in [0.2, 0.25) is 0 Å². The summed E-state index contributed by atoms with van der Waals surface area (Å²) >= 11 is 0. The summed E-state index contributed by atoms with van der Waals surface area (Å²) in [5, 5.41) is 9.52. The molecule has 0 saturated heterocycles. The third-order valence-electron chi connectivity index (χ3n) is 5.53. The second-order valence-electron chi connectivity index (χ2n) is 7.87. The molecule has 1 saturated carbocycles. The molecule has 0 heterocycles. The van der Waals surface area contributed by atoms with Crippen LogP contribution in [-0.2, 0) is 25.5 Å². The van der Waals surface area contributed by atoms with Crippen LogP contribution in [0.25, 0.3) is 0 Å². The van der Waals surface area contributed by atoms with E-state index in [0.717, 1.165) is 49.0 Å². The number of aliphatic hydroxyl groups is 1. The van der Waals surface area contributed by atoms with Crippen LogP contribution < -0.4 is 9.47 Å². The zero-order valence-electron chi connectivity index (χ0n) is 18.8. The van der Waals surface area contributed by atoms with E-state index in [1.54, 1.807) is 0 Å². The quantitative estimate of drug-likeness (QED) is 0.280. The van der Waals surface area contributed by atoms with E-state index in [2.05, 4.69) is 20.1 Å². The van der Waals surface area contributed by atoms with E-state index in [0.29, 0.717) is 29.8 Å². The van der Waals surface area contributed by atoms with E-state index < -0.39 is 11.9 Å². The maximum Gasteiger partial charge on any atom is 0.330 e. The number of carbonyl (C=O) groups is 2. The van der Waals surface area contributed by atoms with Crippen molar-refractivity contribution in [3.63, 3.8) is 0 Å². The Morgan fingerprint density at radius 1 is 0.938 bits per heavy atom. The van der Waals surface area contributed by atoms with Gasteiger partial charge in [0, 0.05) is 29.9 Å². The maximum absolute atomic E-state index is 11.3. The third-order valence-corrected chi connectivity index (χ3v) is 5.53. The zero-order valence-corrected chi connectivity index (χ0v) is 18.8. The minimum atomic E-state index is -0.498. The number of ether oxygens (including phenoxy) is 4. The van der Waals surface area contributed by atoms with Gasteiger partial charge in [-0.15, -0.1) is 0 Å². The first-order valence-electron chi connectivity index (χ1n) is 11.1. The summed E-state index contributed by atoms with van der Waals surface area (Å²) in [4.78, 5) is 22.5. The first-order valence-corrected chi connectivity index (χ1v) is 11.1. The molecule has 1 aromatic rings.